The minimum Gasteiger partial charge on any atom is -0.426 e. The van der Waals surface area contributed by atoms with E-state index in [0.29, 0.717) is 17.4 Å². The summed E-state index contributed by atoms with van der Waals surface area (Å²) in [5, 5.41) is 21.8. The molecule has 1 unspecified atom stereocenters. The normalized spacial score (nSPS) is 11.6. The van der Waals surface area contributed by atoms with Gasteiger partial charge in [-0.2, -0.15) is 0 Å². The molecule has 0 fully saturated rings. The van der Waals surface area contributed by atoms with Gasteiger partial charge in [0.1, 0.15) is 16.4 Å². The second kappa shape index (κ2) is 7.83. The quantitative estimate of drug-likeness (QED) is 0.327. The van der Waals surface area contributed by atoms with E-state index in [4.69, 9.17) is 4.74 Å². The van der Waals surface area contributed by atoms with E-state index in [9.17, 15) is 29.2 Å². The van der Waals surface area contributed by atoms with Crippen LogP contribution in [0.5, 0.6) is 5.75 Å². The SMILES string of the molecule is Cc1ccc(C)c(OC(=O)CS(=O)c2ccc([N+](=O)[O-])cc2[N+](=O)[O-])c1. The first-order chi connectivity index (χ1) is 12.2. The Morgan fingerprint density at radius 1 is 1.08 bits per heavy atom. The van der Waals surface area contributed by atoms with Gasteiger partial charge in [-0.05, 0) is 37.1 Å². The maximum absolute atomic E-state index is 12.3. The van der Waals surface area contributed by atoms with Crippen LogP contribution < -0.4 is 4.74 Å². The Hall–Kier alpha value is -3.14. The van der Waals surface area contributed by atoms with Crippen molar-refractivity contribution in [1.29, 1.82) is 0 Å². The fraction of sp³-hybridized carbons (Fsp3) is 0.188. The Morgan fingerprint density at radius 3 is 2.38 bits per heavy atom. The number of nitrogens with zero attached hydrogens (tertiary/aromatic N) is 2. The number of ether oxygens (including phenoxy) is 1. The molecule has 0 saturated carbocycles. The first kappa shape index (κ1) is 19.2. The van der Waals surface area contributed by atoms with Gasteiger partial charge in [-0.1, -0.05) is 12.1 Å². The summed E-state index contributed by atoms with van der Waals surface area (Å²) in [6, 6.07) is 7.96. The van der Waals surface area contributed by atoms with Gasteiger partial charge >= 0.3 is 5.97 Å². The van der Waals surface area contributed by atoms with Crippen molar-refractivity contribution in [3.8, 4) is 5.75 Å². The maximum Gasteiger partial charge on any atom is 0.324 e. The van der Waals surface area contributed by atoms with E-state index in [-0.39, 0.29) is 4.90 Å². The predicted octanol–water partition coefficient (Wildman–Crippen LogP) is 2.83. The van der Waals surface area contributed by atoms with Crippen LogP contribution in [0.15, 0.2) is 41.3 Å². The van der Waals surface area contributed by atoms with Crippen LogP contribution in [-0.4, -0.2) is 25.8 Å². The van der Waals surface area contributed by atoms with Crippen LogP contribution in [0, 0.1) is 34.1 Å². The molecule has 0 spiro atoms. The smallest absolute Gasteiger partial charge is 0.324 e. The summed E-state index contributed by atoms with van der Waals surface area (Å²) in [6.07, 6.45) is 0. The van der Waals surface area contributed by atoms with Crippen molar-refractivity contribution in [2.75, 3.05) is 5.75 Å². The summed E-state index contributed by atoms with van der Waals surface area (Å²) in [4.78, 5) is 31.9. The zero-order chi connectivity index (χ0) is 19.4. The van der Waals surface area contributed by atoms with Gasteiger partial charge in [-0.3, -0.25) is 29.2 Å². The monoisotopic (exact) mass is 378 g/mol. The number of non-ortho nitro benzene ring substituents is 1. The summed E-state index contributed by atoms with van der Waals surface area (Å²) >= 11 is 0. The second-order valence-electron chi connectivity index (χ2n) is 5.40. The van der Waals surface area contributed by atoms with Crippen molar-refractivity contribution in [3.63, 3.8) is 0 Å². The van der Waals surface area contributed by atoms with E-state index < -0.39 is 43.7 Å². The largest absolute Gasteiger partial charge is 0.426 e. The molecule has 26 heavy (non-hydrogen) atoms. The molecule has 0 saturated heterocycles. The minimum absolute atomic E-state index is 0.279. The number of benzene rings is 2. The number of esters is 1. The minimum atomic E-state index is -2.09. The summed E-state index contributed by atoms with van der Waals surface area (Å²) in [7, 11) is -2.09. The van der Waals surface area contributed by atoms with Gasteiger partial charge in [0.25, 0.3) is 11.4 Å². The third-order valence-corrected chi connectivity index (χ3v) is 4.75. The number of nitro groups is 2. The molecule has 136 valence electrons. The fourth-order valence-corrected chi connectivity index (χ4v) is 3.12. The van der Waals surface area contributed by atoms with E-state index in [0.717, 1.165) is 17.7 Å². The summed E-state index contributed by atoms with van der Waals surface area (Å²) in [5.74, 6) is -1.14. The molecule has 0 radical (unpaired) electrons. The lowest BCUT2D eigenvalue weighted by Gasteiger charge is -2.08. The molecule has 1 atom stereocenters. The molecule has 0 aromatic heterocycles. The number of rotatable bonds is 6. The molecule has 0 N–H and O–H groups in total. The Kier molecular flexibility index (Phi) is 5.78. The number of hydrogen-bond acceptors (Lipinski definition) is 7. The zero-order valence-electron chi connectivity index (χ0n) is 13.8. The van der Waals surface area contributed by atoms with Crippen LogP contribution in [0.2, 0.25) is 0 Å². The molecule has 2 aromatic rings. The average Bonchev–Trinajstić information content (AvgIpc) is 2.57. The standard InChI is InChI=1S/C16H14N2O7S/c1-10-3-4-11(2)14(7-10)25-16(19)9-26(24)15-6-5-12(17(20)21)8-13(15)18(22)23/h3-8H,9H2,1-2H3. The Labute approximate surface area is 150 Å². The van der Waals surface area contributed by atoms with Crippen molar-refractivity contribution in [2.24, 2.45) is 0 Å². The molecule has 0 amide bonds. The van der Waals surface area contributed by atoms with E-state index in [1.54, 1.807) is 19.1 Å². The highest BCUT2D eigenvalue weighted by Gasteiger charge is 2.25. The molecule has 10 heteroatoms. The number of aryl methyl sites for hydroxylation is 2. The molecule has 0 aliphatic rings. The van der Waals surface area contributed by atoms with Crippen molar-refractivity contribution in [2.45, 2.75) is 18.7 Å². The molecule has 9 nitrogen and oxygen atoms in total. The van der Waals surface area contributed by atoms with Crippen LogP contribution in [0.25, 0.3) is 0 Å². The van der Waals surface area contributed by atoms with Crippen molar-refractivity contribution >= 4 is 28.1 Å². The second-order valence-corrected chi connectivity index (χ2v) is 6.82. The van der Waals surface area contributed by atoms with Crippen molar-refractivity contribution in [1.82, 2.24) is 0 Å². The molecule has 0 bridgehead atoms. The van der Waals surface area contributed by atoms with Gasteiger partial charge in [-0.15, -0.1) is 0 Å². The van der Waals surface area contributed by atoms with Gasteiger partial charge in [0, 0.05) is 6.07 Å². The highest BCUT2D eigenvalue weighted by Crippen LogP contribution is 2.27. The number of carbonyl (C=O) groups is 1. The molecule has 0 aliphatic heterocycles. The van der Waals surface area contributed by atoms with Gasteiger partial charge in [0.05, 0.1) is 26.7 Å². The Morgan fingerprint density at radius 2 is 1.77 bits per heavy atom. The first-order valence-electron chi connectivity index (χ1n) is 7.28. The van der Waals surface area contributed by atoms with Gasteiger partial charge < -0.3 is 4.74 Å². The molecule has 2 rings (SSSR count). The molecule has 0 heterocycles. The molecule has 2 aromatic carbocycles. The van der Waals surface area contributed by atoms with Gasteiger partial charge in [0.15, 0.2) is 0 Å². The fourth-order valence-electron chi connectivity index (χ4n) is 2.11. The topological polar surface area (TPSA) is 130 Å². The number of carbonyl (C=O) groups excluding carboxylic acids is 1. The predicted molar refractivity (Wildman–Crippen MR) is 92.6 cm³/mol. The van der Waals surface area contributed by atoms with Crippen LogP contribution >= 0.6 is 0 Å². The lowest BCUT2D eigenvalue weighted by Crippen LogP contribution is -2.18. The van der Waals surface area contributed by atoms with Crippen LogP contribution in [0.4, 0.5) is 11.4 Å². The zero-order valence-corrected chi connectivity index (χ0v) is 14.6. The highest BCUT2D eigenvalue weighted by atomic mass is 32.2. The van der Waals surface area contributed by atoms with Gasteiger partial charge in [0.2, 0.25) is 0 Å². The van der Waals surface area contributed by atoms with Gasteiger partial charge in [-0.25, -0.2) is 0 Å². The summed E-state index contributed by atoms with van der Waals surface area (Å²) in [6.45, 7) is 3.55. The van der Waals surface area contributed by atoms with Crippen molar-refractivity contribution < 1.29 is 23.6 Å². The highest BCUT2D eigenvalue weighted by molar-refractivity contribution is 7.85. The van der Waals surface area contributed by atoms with Crippen LogP contribution in [0.3, 0.4) is 0 Å². The maximum atomic E-state index is 12.3. The van der Waals surface area contributed by atoms with Crippen LogP contribution in [0.1, 0.15) is 11.1 Å². The molecular formula is C16H14N2O7S. The van der Waals surface area contributed by atoms with Crippen LogP contribution in [-0.2, 0) is 15.6 Å². The Bertz CT molecular complexity index is 927. The lowest BCUT2D eigenvalue weighted by atomic mass is 10.1. The number of hydrogen-bond donors (Lipinski definition) is 0. The van der Waals surface area contributed by atoms with E-state index >= 15 is 0 Å². The third kappa shape index (κ3) is 4.48. The van der Waals surface area contributed by atoms with E-state index in [1.165, 1.54) is 0 Å². The number of nitro benzene ring substituents is 2. The van der Waals surface area contributed by atoms with Crippen molar-refractivity contribution in [3.05, 3.63) is 67.8 Å². The van der Waals surface area contributed by atoms with E-state index in [2.05, 4.69) is 0 Å². The molecular weight excluding hydrogens is 364 g/mol. The average molecular weight is 378 g/mol. The third-order valence-electron chi connectivity index (χ3n) is 3.41. The molecule has 0 aliphatic carbocycles. The summed E-state index contributed by atoms with van der Waals surface area (Å²) < 4.78 is 17.5. The summed E-state index contributed by atoms with van der Waals surface area (Å²) in [5.41, 5.74) is 0.383. The first-order valence-corrected chi connectivity index (χ1v) is 8.60. The van der Waals surface area contributed by atoms with E-state index in [1.807, 2.05) is 13.0 Å². The Balaban J connectivity index is 2.21. The lowest BCUT2D eigenvalue weighted by molar-refractivity contribution is -0.396.